The molecule has 0 saturated heterocycles. The topological polar surface area (TPSA) is 51.4 Å². The summed E-state index contributed by atoms with van der Waals surface area (Å²) in [7, 11) is 1.65. The number of benzene rings is 2. The number of nitrogens with zero attached hydrogens (tertiary/aromatic N) is 3. The smallest absolute Gasteiger partial charge is 0.241 e. The lowest BCUT2D eigenvalue weighted by Gasteiger charge is -2.20. The van der Waals surface area contributed by atoms with Crippen LogP contribution in [-0.4, -0.2) is 28.7 Å². The molecular formula is C21H25N3O2. The molecule has 0 spiro atoms. The van der Waals surface area contributed by atoms with Crippen molar-refractivity contribution in [1.82, 2.24) is 15.0 Å². The van der Waals surface area contributed by atoms with Crippen molar-refractivity contribution in [3.8, 4) is 17.1 Å². The fourth-order valence-corrected chi connectivity index (χ4v) is 2.81. The molecular weight excluding hydrogens is 326 g/mol. The first-order valence-electron chi connectivity index (χ1n) is 9.01. The SMILES string of the molecule is CCCCN(Cc1ccccc1)Cc1nc(-c2ccc(OC)cc2)no1. The lowest BCUT2D eigenvalue weighted by Crippen LogP contribution is -2.24. The maximum atomic E-state index is 5.49. The van der Waals surface area contributed by atoms with Crippen LogP contribution >= 0.6 is 0 Å². The van der Waals surface area contributed by atoms with Crippen LogP contribution in [0.4, 0.5) is 0 Å². The van der Waals surface area contributed by atoms with E-state index in [4.69, 9.17) is 9.26 Å². The normalized spacial score (nSPS) is 11.0. The molecule has 0 aliphatic rings. The predicted molar refractivity (Wildman–Crippen MR) is 102 cm³/mol. The van der Waals surface area contributed by atoms with E-state index >= 15 is 0 Å². The van der Waals surface area contributed by atoms with Crippen LogP contribution in [0.25, 0.3) is 11.4 Å². The van der Waals surface area contributed by atoms with E-state index in [0.717, 1.165) is 37.2 Å². The van der Waals surface area contributed by atoms with Crippen molar-refractivity contribution in [3.63, 3.8) is 0 Å². The summed E-state index contributed by atoms with van der Waals surface area (Å²) in [5.74, 6) is 2.06. The van der Waals surface area contributed by atoms with Crippen molar-refractivity contribution >= 4 is 0 Å². The molecule has 26 heavy (non-hydrogen) atoms. The van der Waals surface area contributed by atoms with Gasteiger partial charge in [-0.05, 0) is 42.8 Å². The van der Waals surface area contributed by atoms with E-state index in [1.165, 1.54) is 5.56 Å². The van der Waals surface area contributed by atoms with Gasteiger partial charge in [0.15, 0.2) is 0 Å². The average molecular weight is 351 g/mol. The zero-order chi connectivity index (χ0) is 18.2. The molecule has 3 rings (SSSR count). The summed E-state index contributed by atoms with van der Waals surface area (Å²) in [6, 6.07) is 18.1. The van der Waals surface area contributed by atoms with Gasteiger partial charge in [-0.1, -0.05) is 48.8 Å². The molecule has 0 saturated carbocycles. The summed E-state index contributed by atoms with van der Waals surface area (Å²) in [5.41, 5.74) is 2.21. The summed E-state index contributed by atoms with van der Waals surface area (Å²) in [4.78, 5) is 6.92. The van der Waals surface area contributed by atoms with Crippen molar-refractivity contribution in [2.45, 2.75) is 32.9 Å². The monoisotopic (exact) mass is 351 g/mol. The lowest BCUT2D eigenvalue weighted by atomic mass is 10.2. The molecule has 0 unspecified atom stereocenters. The van der Waals surface area contributed by atoms with E-state index in [9.17, 15) is 0 Å². The maximum absolute atomic E-state index is 5.49. The summed E-state index contributed by atoms with van der Waals surface area (Å²) >= 11 is 0. The lowest BCUT2D eigenvalue weighted by molar-refractivity contribution is 0.216. The number of hydrogen-bond acceptors (Lipinski definition) is 5. The molecule has 0 amide bonds. The van der Waals surface area contributed by atoms with Gasteiger partial charge < -0.3 is 9.26 Å². The number of ether oxygens (including phenoxy) is 1. The molecule has 1 aromatic heterocycles. The minimum absolute atomic E-state index is 0.609. The number of aromatic nitrogens is 2. The Bertz CT molecular complexity index is 785. The van der Waals surface area contributed by atoms with E-state index in [2.05, 4.69) is 46.2 Å². The number of methoxy groups -OCH3 is 1. The Kier molecular flexibility index (Phi) is 6.39. The Morgan fingerprint density at radius 3 is 2.46 bits per heavy atom. The standard InChI is InChI=1S/C21H25N3O2/c1-3-4-14-24(15-17-8-6-5-7-9-17)16-20-22-21(23-26-20)18-10-12-19(25-2)13-11-18/h5-13H,3-4,14-16H2,1-2H3. The molecule has 0 radical (unpaired) electrons. The number of hydrogen-bond donors (Lipinski definition) is 0. The van der Waals surface area contributed by atoms with Crippen molar-refractivity contribution < 1.29 is 9.26 Å². The Labute approximate surface area is 154 Å². The second-order valence-electron chi connectivity index (χ2n) is 6.29. The third-order valence-corrected chi connectivity index (χ3v) is 4.25. The van der Waals surface area contributed by atoms with Crippen LogP contribution in [0.5, 0.6) is 5.75 Å². The van der Waals surface area contributed by atoms with Gasteiger partial charge in [0, 0.05) is 12.1 Å². The Morgan fingerprint density at radius 2 is 1.77 bits per heavy atom. The van der Waals surface area contributed by atoms with Crippen LogP contribution in [0.1, 0.15) is 31.2 Å². The van der Waals surface area contributed by atoms with Crippen molar-refractivity contribution in [1.29, 1.82) is 0 Å². The molecule has 136 valence electrons. The van der Waals surface area contributed by atoms with Gasteiger partial charge >= 0.3 is 0 Å². The highest BCUT2D eigenvalue weighted by Crippen LogP contribution is 2.20. The largest absolute Gasteiger partial charge is 0.497 e. The van der Waals surface area contributed by atoms with Crippen LogP contribution in [0, 0.1) is 0 Å². The molecule has 5 heteroatoms. The first kappa shape index (κ1) is 18.1. The molecule has 3 aromatic rings. The van der Waals surface area contributed by atoms with Crippen LogP contribution in [0.2, 0.25) is 0 Å². The van der Waals surface area contributed by atoms with Crippen LogP contribution < -0.4 is 4.74 Å². The van der Waals surface area contributed by atoms with E-state index in [1.54, 1.807) is 7.11 Å². The fraction of sp³-hybridized carbons (Fsp3) is 0.333. The van der Waals surface area contributed by atoms with E-state index in [1.807, 2.05) is 30.3 Å². The molecule has 0 aliphatic heterocycles. The second kappa shape index (κ2) is 9.15. The van der Waals surface area contributed by atoms with Gasteiger partial charge in [0.2, 0.25) is 11.7 Å². The number of rotatable bonds is 9. The zero-order valence-electron chi connectivity index (χ0n) is 15.4. The first-order valence-corrected chi connectivity index (χ1v) is 9.01. The second-order valence-corrected chi connectivity index (χ2v) is 6.29. The minimum atomic E-state index is 0.609. The van der Waals surface area contributed by atoms with Gasteiger partial charge in [-0.2, -0.15) is 4.98 Å². The molecule has 0 N–H and O–H groups in total. The molecule has 1 heterocycles. The number of unbranched alkanes of at least 4 members (excludes halogenated alkanes) is 1. The molecule has 0 aliphatic carbocycles. The van der Waals surface area contributed by atoms with Crippen molar-refractivity contribution in [2.75, 3.05) is 13.7 Å². The summed E-state index contributed by atoms with van der Waals surface area (Å²) in [6.45, 7) is 4.74. The molecule has 5 nitrogen and oxygen atoms in total. The van der Waals surface area contributed by atoms with Crippen LogP contribution in [0.15, 0.2) is 59.1 Å². The van der Waals surface area contributed by atoms with E-state index < -0.39 is 0 Å². The van der Waals surface area contributed by atoms with Gasteiger partial charge in [-0.25, -0.2) is 0 Å². The Hall–Kier alpha value is -2.66. The predicted octanol–water partition coefficient (Wildman–Crippen LogP) is 4.55. The molecule has 2 aromatic carbocycles. The fourth-order valence-electron chi connectivity index (χ4n) is 2.81. The first-order chi connectivity index (χ1) is 12.8. The van der Waals surface area contributed by atoms with Gasteiger partial charge in [-0.15, -0.1) is 0 Å². The maximum Gasteiger partial charge on any atom is 0.241 e. The zero-order valence-corrected chi connectivity index (χ0v) is 15.4. The molecule has 0 atom stereocenters. The summed E-state index contributed by atoms with van der Waals surface area (Å²) in [6.07, 6.45) is 2.30. The Morgan fingerprint density at radius 1 is 1.00 bits per heavy atom. The Balaban J connectivity index is 1.69. The van der Waals surface area contributed by atoms with Crippen LogP contribution in [0.3, 0.4) is 0 Å². The van der Waals surface area contributed by atoms with Gasteiger partial charge in [0.25, 0.3) is 0 Å². The minimum Gasteiger partial charge on any atom is -0.497 e. The highest BCUT2D eigenvalue weighted by molar-refractivity contribution is 5.55. The van der Waals surface area contributed by atoms with Crippen molar-refractivity contribution in [3.05, 3.63) is 66.1 Å². The van der Waals surface area contributed by atoms with E-state index in [0.29, 0.717) is 18.3 Å². The van der Waals surface area contributed by atoms with Gasteiger partial charge in [0.1, 0.15) is 5.75 Å². The summed E-state index contributed by atoms with van der Waals surface area (Å²) in [5, 5.41) is 4.13. The molecule has 0 fully saturated rings. The van der Waals surface area contributed by atoms with Gasteiger partial charge in [0.05, 0.1) is 13.7 Å². The third kappa shape index (κ3) is 4.92. The summed E-state index contributed by atoms with van der Waals surface area (Å²) < 4.78 is 10.7. The average Bonchev–Trinajstić information content (AvgIpc) is 3.15. The highest BCUT2D eigenvalue weighted by Gasteiger charge is 2.13. The van der Waals surface area contributed by atoms with Crippen LogP contribution in [-0.2, 0) is 13.1 Å². The van der Waals surface area contributed by atoms with E-state index in [-0.39, 0.29) is 0 Å². The third-order valence-electron chi connectivity index (χ3n) is 4.25. The highest BCUT2D eigenvalue weighted by atomic mass is 16.5. The quantitative estimate of drug-likeness (QED) is 0.566. The van der Waals surface area contributed by atoms with Crippen molar-refractivity contribution in [2.24, 2.45) is 0 Å². The van der Waals surface area contributed by atoms with Gasteiger partial charge in [-0.3, -0.25) is 4.90 Å². The molecule has 0 bridgehead atoms.